The normalized spacial score (nSPS) is 22.4. The molecule has 0 amide bonds. The van der Waals surface area contributed by atoms with E-state index in [9.17, 15) is 8.42 Å². The van der Waals surface area contributed by atoms with E-state index in [1.165, 1.54) is 4.31 Å². The van der Waals surface area contributed by atoms with Crippen LogP contribution in [0, 0.1) is 0 Å². The Kier molecular flexibility index (Phi) is 5.46. The first-order valence-electron chi connectivity index (χ1n) is 7.89. The van der Waals surface area contributed by atoms with Crippen LogP contribution in [0.25, 0.3) is 0 Å². The number of aryl methyl sites for hydroxylation is 1. The van der Waals surface area contributed by atoms with Crippen molar-refractivity contribution in [3.63, 3.8) is 0 Å². The molecule has 1 saturated heterocycles. The van der Waals surface area contributed by atoms with Crippen molar-refractivity contribution in [1.82, 2.24) is 4.31 Å². The highest BCUT2D eigenvalue weighted by Gasteiger charge is 2.35. The first kappa shape index (κ1) is 17.5. The van der Waals surface area contributed by atoms with E-state index in [-0.39, 0.29) is 12.6 Å². The molecule has 0 bridgehead atoms. The largest absolute Gasteiger partial charge is 0.471 e. The molecule has 0 spiro atoms. The third kappa shape index (κ3) is 3.58. The fourth-order valence-electron chi connectivity index (χ4n) is 2.56. The molecule has 0 N–H and O–H groups in total. The lowest BCUT2D eigenvalue weighted by atomic mass is 10.2. The van der Waals surface area contributed by atoms with E-state index < -0.39 is 10.0 Å². The SMILES string of the molecule is CCC=C1C(=NC)OC(C)CN1S(=O)(=O)c1cccc(CC)c1. The molecule has 0 saturated carbocycles. The molecule has 5 nitrogen and oxygen atoms in total. The van der Waals surface area contributed by atoms with Crippen molar-refractivity contribution >= 4 is 15.9 Å². The number of aliphatic imine (C=N–C) groups is 1. The zero-order chi connectivity index (χ0) is 17.0. The second kappa shape index (κ2) is 7.17. The first-order valence-corrected chi connectivity index (χ1v) is 9.33. The number of ether oxygens (including phenoxy) is 1. The third-order valence-electron chi connectivity index (χ3n) is 3.72. The van der Waals surface area contributed by atoms with Gasteiger partial charge in [0.2, 0.25) is 5.90 Å². The fraction of sp³-hybridized carbons (Fsp3) is 0.471. The van der Waals surface area contributed by atoms with Crippen molar-refractivity contribution in [2.75, 3.05) is 13.6 Å². The fourth-order valence-corrected chi connectivity index (χ4v) is 4.18. The molecular weight excluding hydrogens is 312 g/mol. The van der Waals surface area contributed by atoms with Gasteiger partial charge in [-0.3, -0.25) is 9.30 Å². The second-order valence-electron chi connectivity index (χ2n) is 5.49. The quantitative estimate of drug-likeness (QED) is 0.849. The van der Waals surface area contributed by atoms with Crippen molar-refractivity contribution in [2.24, 2.45) is 4.99 Å². The Morgan fingerprint density at radius 3 is 2.74 bits per heavy atom. The van der Waals surface area contributed by atoms with Gasteiger partial charge < -0.3 is 4.74 Å². The van der Waals surface area contributed by atoms with Gasteiger partial charge in [-0.25, -0.2) is 8.42 Å². The molecule has 1 aliphatic rings. The van der Waals surface area contributed by atoms with Gasteiger partial charge in [0.15, 0.2) is 0 Å². The molecule has 1 aliphatic heterocycles. The number of morpholine rings is 1. The molecule has 1 atom stereocenters. The first-order chi connectivity index (χ1) is 10.9. The van der Waals surface area contributed by atoms with Crippen LogP contribution in [0.1, 0.15) is 32.8 Å². The van der Waals surface area contributed by atoms with E-state index in [4.69, 9.17) is 4.74 Å². The van der Waals surface area contributed by atoms with E-state index in [0.717, 1.165) is 12.0 Å². The van der Waals surface area contributed by atoms with Gasteiger partial charge in [0.05, 0.1) is 11.4 Å². The Morgan fingerprint density at radius 2 is 2.13 bits per heavy atom. The van der Waals surface area contributed by atoms with Crippen molar-refractivity contribution in [1.29, 1.82) is 0 Å². The smallest absolute Gasteiger partial charge is 0.264 e. The summed E-state index contributed by atoms with van der Waals surface area (Å²) in [6.07, 6.45) is 3.09. The molecule has 23 heavy (non-hydrogen) atoms. The predicted molar refractivity (Wildman–Crippen MR) is 92.0 cm³/mol. The highest BCUT2D eigenvalue weighted by molar-refractivity contribution is 7.89. The Balaban J connectivity index is 2.52. The highest BCUT2D eigenvalue weighted by atomic mass is 32.2. The average Bonchev–Trinajstić information content (AvgIpc) is 2.56. The Hall–Kier alpha value is -1.82. The lowest BCUT2D eigenvalue weighted by Gasteiger charge is -2.35. The summed E-state index contributed by atoms with van der Waals surface area (Å²) in [7, 11) is -2.03. The molecule has 0 aromatic heterocycles. The summed E-state index contributed by atoms with van der Waals surface area (Å²) in [6, 6.07) is 7.10. The summed E-state index contributed by atoms with van der Waals surface area (Å²) in [5.41, 5.74) is 1.52. The number of hydrogen-bond acceptors (Lipinski definition) is 4. The molecule has 1 heterocycles. The molecule has 126 valence electrons. The number of nitrogens with zero attached hydrogens (tertiary/aromatic N) is 2. The van der Waals surface area contributed by atoms with Gasteiger partial charge in [0.1, 0.15) is 11.8 Å². The molecule has 1 fully saturated rings. The molecular formula is C17H24N2O3S. The van der Waals surface area contributed by atoms with Crippen LogP contribution in [0.15, 0.2) is 45.9 Å². The van der Waals surface area contributed by atoms with Crippen LogP contribution >= 0.6 is 0 Å². The third-order valence-corrected chi connectivity index (χ3v) is 5.49. The minimum absolute atomic E-state index is 0.244. The number of benzene rings is 1. The summed E-state index contributed by atoms with van der Waals surface area (Å²) in [4.78, 5) is 4.42. The topological polar surface area (TPSA) is 59.0 Å². The number of sulfonamides is 1. The van der Waals surface area contributed by atoms with Gasteiger partial charge in [0, 0.05) is 7.05 Å². The number of hydrogen-bond donors (Lipinski definition) is 0. The van der Waals surface area contributed by atoms with E-state index in [1.807, 2.05) is 32.9 Å². The molecule has 6 heteroatoms. The average molecular weight is 336 g/mol. The van der Waals surface area contributed by atoms with E-state index in [0.29, 0.717) is 22.9 Å². The minimum atomic E-state index is -3.64. The molecule has 2 rings (SSSR count). The predicted octanol–water partition coefficient (Wildman–Crippen LogP) is 2.98. The number of rotatable bonds is 4. The second-order valence-corrected chi connectivity index (χ2v) is 7.35. The van der Waals surface area contributed by atoms with Crippen molar-refractivity contribution in [3.8, 4) is 0 Å². The summed E-state index contributed by atoms with van der Waals surface area (Å²) in [6.45, 7) is 6.09. The zero-order valence-corrected chi connectivity index (χ0v) is 14.9. The maximum absolute atomic E-state index is 13.1. The van der Waals surface area contributed by atoms with Gasteiger partial charge in [-0.1, -0.05) is 32.1 Å². The van der Waals surface area contributed by atoms with E-state index in [1.54, 1.807) is 25.2 Å². The van der Waals surface area contributed by atoms with Crippen LogP contribution in [-0.4, -0.2) is 38.3 Å². The number of allylic oxidation sites excluding steroid dienone is 1. The summed E-state index contributed by atoms with van der Waals surface area (Å²) in [5, 5.41) is 0. The van der Waals surface area contributed by atoms with Crippen LogP contribution in [0.5, 0.6) is 0 Å². The molecule has 1 unspecified atom stereocenters. The van der Waals surface area contributed by atoms with Crippen LogP contribution in [-0.2, 0) is 21.2 Å². The van der Waals surface area contributed by atoms with Crippen LogP contribution in [0.3, 0.4) is 0 Å². The molecule has 0 aliphatic carbocycles. The lowest BCUT2D eigenvalue weighted by molar-refractivity contribution is 0.158. The van der Waals surface area contributed by atoms with Crippen molar-refractivity contribution < 1.29 is 13.2 Å². The lowest BCUT2D eigenvalue weighted by Crippen LogP contribution is -2.45. The zero-order valence-electron chi connectivity index (χ0n) is 14.1. The monoisotopic (exact) mass is 336 g/mol. The van der Waals surface area contributed by atoms with Gasteiger partial charge in [-0.2, -0.15) is 0 Å². The maximum Gasteiger partial charge on any atom is 0.264 e. The summed E-state index contributed by atoms with van der Waals surface area (Å²) >= 11 is 0. The van der Waals surface area contributed by atoms with E-state index >= 15 is 0 Å². The van der Waals surface area contributed by atoms with Gasteiger partial charge in [0.25, 0.3) is 10.0 Å². The summed E-state index contributed by atoms with van der Waals surface area (Å²) in [5.74, 6) is 0.376. The standard InChI is InChI=1S/C17H24N2O3S/c1-5-8-16-17(18-4)22-13(3)12-19(16)23(20,21)15-10-7-9-14(6-2)11-15/h7-11,13H,5-6,12H2,1-4H3. The maximum atomic E-state index is 13.1. The molecule has 1 aromatic carbocycles. The van der Waals surface area contributed by atoms with Crippen LogP contribution in [0.2, 0.25) is 0 Å². The molecule has 1 aromatic rings. The summed E-state index contributed by atoms with van der Waals surface area (Å²) < 4.78 is 33.3. The Morgan fingerprint density at radius 1 is 1.39 bits per heavy atom. The van der Waals surface area contributed by atoms with Gasteiger partial charge in [-0.15, -0.1) is 0 Å². The van der Waals surface area contributed by atoms with E-state index in [2.05, 4.69) is 4.99 Å². The Bertz CT molecular complexity index is 723. The van der Waals surface area contributed by atoms with Crippen molar-refractivity contribution in [2.45, 2.75) is 44.6 Å². The van der Waals surface area contributed by atoms with Gasteiger partial charge in [-0.05, 0) is 37.5 Å². The van der Waals surface area contributed by atoms with Crippen LogP contribution < -0.4 is 0 Å². The van der Waals surface area contributed by atoms with Crippen LogP contribution in [0.4, 0.5) is 0 Å². The highest BCUT2D eigenvalue weighted by Crippen LogP contribution is 2.27. The Labute approximate surface area is 138 Å². The molecule has 0 radical (unpaired) electrons. The van der Waals surface area contributed by atoms with Gasteiger partial charge >= 0.3 is 0 Å². The van der Waals surface area contributed by atoms with Crippen molar-refractivity contribution in [3.05, 3.63) is 41.6 Å². The minimum Gasteiger partial charge on any atom is -0.471 e.